The summed E-state index contributed by atoms with van der Waals surface area (Å²) in [6, 6.07) is 0.341. The van der Waals surface area contributed by atoms with Gasteiger partial charge in [-0.1, -0.05) is 0 Å². The number of hydrogen-bond donors (Lipinski definition) is 0. The summed E-state index contributed by atoms with van der Waals surface area (Å²) in [5.41, 5.74) is 0. The molecule has 0 atom stereocenters. The van der Waals surface area contributed by atoms with Gasteiger partial charge in [0.2, 0.25) is 0 Å². The first-order chi connectivity index (χ1) is 8.02. The molecule has 0 radical (unpaired) electrons. The number of hydrogen-bond acceptors (Lipinski definition) is 5. The Hall–Kier alpha value is -2.10. The molecule has 94 valence electrons. The number of amidine groups is 1. The Labute approximate surface area is 101 Å². The molecular formula is C10H17N4O3+. The number of nitriles is 1. The summed E-state index contributed by atoms with van der Waals surface area (Å²) >= 11 is 0. The molecule has 0 unspecified atom stereocenters. The minimum absolute atomic E-state index is 0.188. The van der Waals surface area contributed by atoms with E-state index in [2.05, 4.69) is 9.73 Å². The molecule has 0 aliphatic heterocycles. The molecular weight excluding hydrogens is 224 g/mol. The predicted molar refractivity (Wildman–Crippen MR) is 61.6 cm³/mol. The van der Waals surface area contributed by atoms with Crippen molar-refractivity contribution in [3.63, 3.8) is 0 Å². The van der Waals surface area contributed by atoms with Crippen molar-refractivity contribution in [2.24, 2.45) is 4.99 Å². The van der Waals surface area contributed by atoms with E-state index in [4.69, 9.17) is 10.00 Å². The summed E-state index contributed by atoms with van der Waals surface area (Å²) in [6.07, 6.45) is 2.68. The van der Waals surface area contributed by atoms with Crippen LogP contribution in [0.3, 0.4) is 0 Å². The molecule has 0 saturated heterocycles. The SMILES string of the molecule is CCOC(=O)C=NCN(C)C(OC#N)=[N+](C)C. The lowest BCUT2D eigenvalue weighted by Crippen LogP contribution is -2.34. The van der Waals surface area contributed by atoms with Crippen LogP contribution < -0.4 is 0 Å². The van der Waals surface area contributed by atoms with E-state index in [1.165, 1.54) is 0 Å². The lowest BCUT2D eigenvalue weighted by Gasteiger charge is -2.09. The van der Waals surface area contributed by atoms with Crippen LogP contribution >= 0.6 is 0 Å². The molecule has 0 heterocycles. The Morgan fingerprint density at radius 2 is 2.24 bits per heavy atom. The summed E-state index contributed by atoms with van der Waals surface area (Å²) in [7, 11) is 5.16. The third kappa shape index (κ3) is 6.14. The van der Waals surface area contributed by atoms with Gasteiger partial charge in [-0.2, -0.15) is 0 Å². The highest BCUT2D eigenvalue weighted by molar-refractivity contribution is 6.23. The van der Waals surface area contributed by atoms with Gasteiger partial charge in [0.1, 0.15) is 6.21 Å². The molecule has 0 bridgehead atoms. The lowest BCUT2D eigenvalue weighted by molar-refractivity contribution is -0.479. The molecule has 7 nitrogen and oxygen atoms in total. The maximum Gasteiger partial charge on any atom is 0.462 e. The molecule has 0 N–H and O–H groups in total. The first-order valence-electron chi connectivity index (χ1n) is 5.00. The summed E-state index contributed by atoms with van der Waals surface area (Å²) in [6.45, 7) is 2.22. The lowest BCUT2D eigenvalue weighted by atomic mass is 10.7. The number of ether oxygens (including phenoxy) is 2. The zero-order chi connectivity index (χ0) is 13.3. The number of aliphatic imine (C=N–C) groups is 1. The largest absolute Gasteiger partial charge is 0.462 e. The molecule has 7 heteroatoms. The second kappa shape index (κ2) is 8.10. The van der Waals surface area contributed by atoms with Crippen LogP contribution in [-0.2, 0) is 14.3 Å². The van der Waals surface area contributed by atoms with Crippen LogP contribution in [0.15, 0.2) is 4.99 Å². The fraction of sp³-hybridized carbons (Fsp3) is 0.600. The number of esters is 1. The summed E-state index contributed by atoms with van der Waals surface area (Å²) < 4.78 is 11.1. The molecule has 0 spiro atoms. The van der Waals surface area contributed by atoms with E-state index in [1.807, 2.05) is 0 Å². The van der Waals surface area contributed by atoms with Crippen molar-refractivity contribution < 1.29 is 18.8 Å². The monoisotopic (exact) mass is 241 g/mol. The first kappa shape index (κ1) is 14.9. The minimum atomic E-state index is -0.492. The number of carbonyl (C=O) groups excluding carboxylic acids is 1. The normalized spacial score (nSPS) is 9.59. The molecule has 17 heavy (non-hydrogen) atoms. The Balaban J connectivity index is 4.35. The molecule has 0 aromatic heterocycles. The van der Waals surface area contributed by atoms with Crippen LogP contribution in [0.25, 0.3) is 0 Å². The van der Waals surface area contributed by atoms with Crippen LogP contribution in [0.1, 0.15) is 6.92 Å². The van der Waals surface area contributed by atoms with Gasteiger partial charge >= 0.3 is 12.0 Å². The van der Waals surface area contributed by atoms with Crippen LogP contribution in [0.4, 0.5) is 0 Å². The Morgan fingerprint density at radius 3 is 2.71 bits per heavy atom. The van der Waals surface area contributed by atoms with Gasteiger partial charge < -0.3 is 9.47 Å². The van der Waals surface area contributed by atoms with Crippen LogP contribution in [0.2, 0.25) is 0 Å². The van der Waals surface area contributed by atoms with Gasteiger partial charge in [0.15, 0.2) is 6.67 Å². The third-order valence-electron chi connectivity index (χ3n) is 1.62. The van der Waals surface area contributed by atoms with Gasteiger partial charge in [-0.25, -0.2) is 19.3 Å². The van der Waals surface area contributed by atoms with Crippen molar-refractivity contribution in [2.75, 3.05) is 34.4 Å². The molecule has 0 saturated carbocycles. The smallest absolute Gasteiger partial charge is 0.462 e. The van der Waals surface area contributed by atoms with E-state index >= 15 is 0 Å². The molecule has 0 fully saturated rings. The number of rotatable bonds is 4. The van der Waals surface area contributed by atoms with Gasteiger partial charge in [-0.3, -0.25) is 0 Å². The van der Waals surface area contributed by atoms with Gasteiger partial charge in [0.05, 0.1) is 27.7 Å². The fourth-order valence-corrected chi connectivity index (χ4v) is 1.03. The van der Waals surface area contributed by atoms with E-state index in [9.17, 15) is 4.79 Å². The topological polar surface area (TPSA) is 77.9 Å². The summed E-state index contributed by atoms with van der Waals surface area (Å²) in [5.74, 6) is -0.492. The summed E-state index contributed by atoms with van der Waals surface area (Å²) in [5, 5.41) is 8.46. The van der Waals surface area contributed by atoms with Crippen LogP contribution in [0.5, 0.6) is 0 Å². The van der Waals surface area contributed by atoms with E-state index in [0.29, 0.717) is 12.6 Å². The van der Waals surface area contributed by atoms with Crippen molar-refractivity contribution >= 4 is 18.2 Å². The zero-order valence-electron chi connectivity index (χ0n) is 10.5. The Kier molecular flexibility index (Phi) is 7.10. The van der Waals surface area contributed by atoms with Crippen molar-refractivity contribution in [1.29, 1.82) is 5.26 Å². The van der Waals surface area contributed by atoms with E-state index in [0.717, 1.165) is 6.21 Å². The van der Waals surface area contributed by atoms with E-state index in [-0.39, 0.29) is 6.67 Å². The van der Waals surface area contributed by atoms with E-state index < -0.39 is 5.97 Å². The maximum absolute atomic E-state index is 11.0. The van der Waals surface area contributed by atoms with Gasteiger partial charge in [0, 0.05) is 0 Å². The molecule has 0 aliphatic rings. The average Bonchev–Trinajstić information content (AvgIpc) is 2.25. The Bertz CT molecular complexity index is 353. The number of nitrogens with zero attached hydrogens (tertiary/aromatic N) is 4. The third-order valence-corrected chi connectivity index (χ3v) is 1.62. The van der Waals surface area contributed by atoms with Gasteiger partial charge in [-0.05, 0) is 6.92 Å². The summed E-state index contributed by atoms with van der Waals surface area (Å²) in [4.78, 5) is 16.4. The highest BCUT2D eigenvalue weighted by Gasteiger charge is 2.17. The predicted octanol–water partition coefficient (Wildman–Crippen LogP) is -0.365. The molecule has 0 rings (SSSR count). The van der Waals surface area contributed by atoms with Crippen molar-refractivity contribution in [3.05, 3.63) is 0 Å². The van der Waals surface area contributed by atoms with Crippen molar-refractivity contribution in [1.82, 2.24) is 4.90 Å². The Morgan fingerprint density at radius 1 is 1.59 bits per heavy atom. The highest BCUT2D eigenvalue weighted by atomic mass is 16.5. The van der Waals surface area contributed by atoms with Crippen LogP contribution in [0, 0.1) is 11.5 Å². The average molecular weight is 241 g/mol. The molecule has 0 aromatic rings. The standard InChI is InChI=1S/C10H17N4O3/c1-5-16-9(15)6-12-8-14(4)10(13(2)3)17-7-11/h6H,5,8H2,1-4H3/q+1. The van der Waals surface area contributed by atoms with Gasteiger partial charge in [0.25, 0.3) is 6.26 Å². The highest BCUT2D eigenvalue weighted by Crippen LogP contribution is 1.89. The van der Waals surface area contributed by atoms with Crippen LogP contribution in [-0.4, -0.2) is 62.1 Å². The zero-order valence-corrected chi connectivity index (χ0v) is 10.5. The second-order valence-corrected chi connectivity index (χ2v) is 3.27. The molecule has 0 aromatic carbocycles. The maximum atomic E-state index is 11.0. The van der Waals surface area contributed by atoms with Crippen molar-refractivity contribution in [2.45, 2.75) is 6.92 Å². The fourth-order valence-electron chi connectivity index (χ4n) is 1.03. The quantitative estimate of drug-likeness (QED) is 0.221. The van der Waals surface area contributed by atoms with Gasteiger partial charge in [-0.15, -0.1) is 5.26 Å². The second-order valence-electron chi connectivity index (χ2n) is 3.27. The molecule has 0 amide bonds. The minimum Gasteiger partial charge on any atom is -0.462 e. The number of carbonyl (C=O) groups is 1. The first-order valence-corrected chi connectivity index (χ1v) is 5.00. The molecule has 0 aliphatic carbocycles. The van der Waals surface area contributed by atoms with E-state index in [1.54, 1.807) is 43.8 Å². The van der Waals surface area contributed by atoms with Crippen molar-refractivity contribution in [3.8, 4) is 6.26 Å².